The largest absolute Gasteiger partial charge is 0.340 e. The number of nitrogens with one attached hydrogen (secondary N) is 2. The second-order valence-electron chi connectivity index (χ2n) is 6.85. The number of piperidine rings is 1. The summed E-state index contributed by atoms with van der Waals surface area (Å²) in [5.74, 6) is 0.771. The van der Waals surface area contributed by atoms with E-state index in [2.05, 4.69) is 20.5 Å². The van der Waals surface area contributed by atoms with Crippen LogP contribution in [-0.2, 0) is 9.59 Å². The minimum absolute atomic E-state index is 0.00685. The van der Waals surface area contributed by atoms with Crippen molar-refractivity contribution in [2.24, 2.45) is 5.92 Å². The lowest BCUT2D eigenvalue weighted by atomic mass is 9.96. The number of anilines is 1. The molecule has 2 amide bonds. The van der Waals surface area contributed by atoms with Crippen molar-refractivity contribution in [3.8, 4) is 0 Å². The van der Waals surface area contributed by atoms with E-state index in [-0.39, 0.29) is 17.7 Å². The van der Waals surface area contributed by atoms with Gasteiger partial charge in [0.1, 0.15) is 5.82 Å². The summed E-state index contributed by atoms with van der Waals surface area (Å²) in [6.45, 7) is 5.85. The van der Waals surface area contributed by atoms with Crippen molar-refractivity contribution in [3.63, 3.8) is 0 Å². The van der Waals surface area contributed by atoms with Crippen LogP contribution in [0.3, 0.4) is 0 Å². The number of rotatable bonds is 5. The summed E-state index contributed by atoms with van der Waals surface area (Å²) in [5.41, 5.74) is 0. The molecule has 2 aliphatic rings. The van der Waals surface area contributed by atoms with E-state index >= 15 is 0 Å². The topological polar surface area (TPSA) is 77.6 Å². The number of halogens is 1. The van der Waals surface area contributed by atoms with Gasteiger partial charge in [0.2, 0.25) is 11.8 Å². The van der Waals surface area contributed by atoms with Crippen LogP contribution in [0.15, 0.2) is 18.3 Å². The number of hydrogen-bond donors (Lipinski definition) is 2. The fourth-order valence-corrected chi connectivity index (χ4v) is 3.53. The molecule has 0 bridgehead atoms. The highest BCUT2D eigenvalue weighted by Gasteiger charge is 2.26. The fraction of sp³-hybridized carbons (Fsp3) is 0.611. The molecule has 0 aliphatic carbocycles. The Hall–Kier alpha value is -1.70. The maximum absolute atomic E-state index is 12.4. The third-order valence-corrected chi connectivity index (χ3v) is 5.27. The quantitative estimate of drug-likeness (QED) is 0.804. The Morgan fingerprint density at radius 1 is 1.19 bits per heavy atom. The summed E-state index contributed by atoms with van der Waals surface area (Å²) in [6.07, 6.45) is 3.70. The van der Waals surface area contributed by atoms with E-state index in [0.717, 1.165) is 58.7 Å². The lowest BCUT2D eigenvalue weighted by Gasteiger charge is -2.32. The zero-order chi connectivity index (χ0) is 18.4. The smallest absolute Gasteiger partial charge is 0.228 e. The van der Waals surface area contributed by atoms with Crippen molar-refractivity contribution in [1.82, 2.24) is 20.1 Å². The SMILES string of the molecule is O=C(Nc1ccc(Cl)cn1)C1CCN(CCC(=O)N2CCNCC2)CC1. The summed E-state index contributed by atoms with van der Waals surface area (Å²) in [6, 6.07) is 3.42. The van der Waals surface area contributed by atoms with Crippen molar-refractivity contribution >= 4 is 29.2 Å². The molecule has 2 saturated heterocycles. The van der Waals surface area contributed by atoms with Gasteiger partial charge in [0.15, 0.2) is 0 Å². The van der Waals surface area contributed by atoms with Crippen LogP contribution in [-0.4, -0.2) is 72.4 Å². The van der Waals surface area contributed by atoms with E-state index in [0.29, 0.717) is 17.3 Å². The molecule has 2 aliphatic heterocycles. The van der Waals surface area contributed by atoms with Crippen LogP contribution in [0.25, 0.3) is 0 Å². The highest BCUT2D eigenvalue weighted by atomic mass is 35.5. The molecule has 0 saturated carbocycles. The highest BCUT2D eigenvalue weighted by molar-refractivity contribution is 6.30. The normalized spacial score (nSPS) is 19.3. The first kappa shape index (κ1) is 19.1. The van der Waals surface area contributed by atoms with Crippen LogP contribution < -0.4 is 10.6 Å². The third-order valence-electron chi connectivity index (χ3n) is 5.05. The molecule has 0 spiro atoms. The van der Waals surface area contributed by atoms with Gasteiger partial charge in [-0.3, -0.25) is 9.59 Å². The molecule has 3 rings (SSSR count). The molecular weight excluding hydrogens is 354 g/mol. The number of hydrogen-bond acceptors (Lipinski definition) is 5. The van der Waals surface area contributed by atoms with Gasteiger partial charge in [0, 0.05) is 51.3 Å². The number of likely N-dealkylation sites (tertiary alicyclic amines) is 1. The van der Waals surface area contributed by atoms with Gasteiger partial charge in [0.05, 0.1) is 5.02 Å². The molecule has 26 heavy (non-hydrogen) atoms. The molecule has 0 aromatic carbocycles. The molecule has 0 radical (unpaired) electrons. The Balaban J connectivity index is 1.37. The van der Waals surface area contributed by atoms with Crippen molar-refractivity contribution < 1.29 is 9.59 Å². The Labute approximate surface area is 159 Å². The molecule has 2 fully saturated rings. The maximum atomic E-state index is 12.4. The van der Waals surface area contributed by atoms with Crippen molar-refractivity contribution in [2.45, 2.75) is 19.3 Å². The first-order chi connectivity index (χ1) is 12.6. The number of carbonyl (C=O) groups is 2. The fourth-order valence-electron chi connectivity index (χ4n) is 3.42. The number of piperazine rings is 1. The summed E-state index contributed by atoms with van der Waals surface area (Å²) in [7, 11) is 0. The van der Waals surface area contributed by atoms with Gasteiger partial charge in [-0.05, 0) is 38.1 Å². The van der Waals surface area contributed by atoms with Gasteiger partial charge < -0.3 is 20.4 Å². The zero-order valence-electron chi connectivity index (χ0n) is 14.9. The molecule has 1 aromatic heterocycles. The van der Waals surface area contributed by atoms with Crippen molar-refractivity contribution in [2.75, 3.05) is 51.1 Å². The van der Waals surface area contributed by atoms with Crippen LogP contribution in [0.4, 0.5) is 5.82 Å². The lowest BCUT2D eigenvalue weighted by molar-refractivity contribution is -0.132. The lowest BCUT2D eigenvalue weighted by Crippen LogP contribution is -2.47. The number of carbonyl (C=O) groups excluding carboxylic acids is 2. The molecule has 0 atom stereocenters. The van der Waals surface area contributed by atoms with Gasteiger partial charge in [-0.25, -0.2) is 4.98 Å². The van der Waals surface area contributed by atoms with Gasteiger partial charge in [-0.2, -0.15) is 0 Å². The van der Waals surface area contributed by atoms with Crippen LogP contribution in [0.1, 0.15) is 19.3 Å². The Kier molecular flexibility index (Phi) is 6.82. The second kappa shape index (κ2) is 9.30. The number of nitrogens with zero attached hydrogens (tertiary/aromatic N) is 3. The van der Waals surface area contributed by atoms with Gasteiger partial charge >= 0.3 is 0 Å². The van der Waals surface area contributed by atoms with E-state index in [1.807, 2.05) is 4.90 Å². The molecule has 3 heterocycles. The predicted octanol–water partition coefficient (Wildman–Crippen LogP) is 1.21. The van der Waals surface area contributed by atoms with E-state index < -0.39 is 0 Å². The van der Waals surface area contributed by atoms with Crippen LogP contribution in [0, 0.1) is 5.92 Å². The first-order valence-corrected chi connectivity index (χ1v) is 9.63. The van der Waals surface area contributed by atoms with Crippen molar-refractivity contribution in [1.29, 1.82) is 0 Å². The molecule has 2 N–H and O–H groups in total. The van der Waals surface area contributed by atoms with Crippen LogP contribution in [0.5, 0.6) is 0 Å². The Morgan fingerprint density at radius 2 is 1.92 bits per heavy atom. The van der Waals surface area contributed by atoms with E-state index in [4.69, 9.17) is 11.6 Å². The summed E-state index contributed by atoms with van der Waals surface area (Å²) >= 11 is 5.80. The third kappa shape index (κ3) is 5.40. The molecule has 8 heteroatoms. The zero-order valence-corrected chi connectivity index (χ0v) is 15.7. The summed E-state index contributed by atoms with van der Waals surface area (Å²) < 4.78 is 0. The van der Waals surface area contributed by atoms with E-state index in [9.17, 15) is 9.59 Å². The van der Waals surface area contributed by atoms with Crippen LogP contribution >= 0.6 is 11.6 Å². The van der Waals surface area contributed by atoms with E-state index in [1.165, 1.54) is 6.20 Å². The Bertz CT molecular complexity index is 611. The number of pyridine rings is 1. The predicted molar refractivity (Wildman–Crippen MR) is 101 cm³/mol. The minimum Gasteiger partial charge on any atom is -0.340 e. The van der Waals surface area contributed by atoms with Gasteiger partial charge in [0.25, 0.3) is 0 Å². The molecule has 1 aromatic rings. The standard InChI is InChI=1S/C18H26ClN5O2/c19-15-1-2-16(21-13-15)22-18(26)14-3-8-23(9-4-14)10-5-17(25)24-11-6-20-7-12-24/h1-2,13-14,20H,3-12H2,(H,21,22,26). The van der Waals surface area contributed by atoms with Crippen molar-refractivity contribution in [3.05, 3.63) is 23.4 Å². The Morgan fingerprint density at radius 3 is 2.58 bits per heavy atom. The molecular formula is C18H26ClN5O2. The molecule has 0 unspecified atom stereocenters. The summed E-state index contributed by atoms with van der Waals surface area (Å²) in [5, 5.41) is 6.66. The average Bonchev–Trinajstić information content (AvgIpc) is 2.69. The minimum atomic E-state index is -0.00685. The second-order valence-corrected chi connectivity index (χ2v) is 7.28. The number of aromatic nitrogens is 1. The van der Waals surface area contributed by atoms with E-state index in [1.54, 1.807) is 12.1 Å². The molecule has 142 valence electrons. The monoisotopic (exact) mass is 379 g/mol. The van der Waals surface area contributed by atoms with Crippen LogP contribution in [0.2, 0.25) is 5.02 Å². The van der Waals surface area contributed by atoms with Gasteiger partial charge in [-0.1, -0.05) is 11.6 Å². The maximum Gasteiger partial charge on any atom is 0.228 e. The number of amides is 2. The summed E-state index contributed by atoms with van der Waals surface area (Å²) in [4.78, 5) is 32.9. The molecule has 7 nitrogen and oxygen atoms in total. The average molecular weight is 380 g/mol. The highest BCUT2D eigenvalue weighted by Crippen LogP contribution is 2.19. The van der Waals surface area contributed by atoms with Gasteiger partial charge in [-0.15, -0.1) is 0 Å². The first-order valence-electron chi connectivity index (χ1n) is 9.25.